The molecule has 8 heteroatoms. The largest absolute Gasteiger partial charge is 0.475 e. The molecule has 1 aromatic carbocycles. The fraction of sp³-hybridized carbons (Fsp3) is 0.125. The maximum absolute atomic E-state index is 12.9. The van der Waals surface area contributed by atoms with E-state index in [1.807, 2.05) is 12.1 Å². The third-order valence-corrected chi connectivity index (χ3v) is 5.55. The first-order chi connectivity index (χ1) is 11.3. The second-order valence-corrected chi connectivity index (χ2v) is 7.10. The predicted octanol–water partition coefficient (Wildman–Crippen LogP) is 2.66. The monoisotopic (exact) mass is 346 g/mol. The average Bonchev–Trinajstić information content (AvgIpc) is 2.96. The van der Waals surface area contributed by atoms with E-state index >= 15 is 0 Å². The fourth-order valence-electron chi connectivity index (χ4n) is 2.45. The minimum atomic E-state index is -3.99. The van der Waals surface area contributed by atoms with Gasteiger partial charge in [-0.3, -0.25) is 9.29 Å². The molecule has 0 saturated heterocycles. The Hall–Kier alpha value is -2.87. The molecule has 0 aliphatic carbocycles. The lowest BCUT2D eigenvalue weighted by Crippen LogP contribution is -2.27. The van der Waals surface area contributed by atoms with Crippen LogP contribution in [-0.2, 0) is 10.0 Å². The first-order valence-corrected chi connectivity index (χ1v) is 8.43. The van der Waals surface area contributed by atoms with Gasteiger partial charge in [-0.05, 0) is 19.1 Å². The molecule has 0 saturated carbocycles. The molecule has 0 atom stereocenters. The molecule has 0 fully saturated rings. The molecule has 124 valence electrons. The normalized spacial score (nSPS) is 11.6. The van der Waals surface area contributed by atoms with Crippen LogP contribution < -0.4 is 4.31 Å². The Balaban J connectivity index is 2.14. The summed E-state index contributed by atoms with van der Waals surface area (Å²) in [5.41, 5.74) is 0.927. The van der Waals surface area contributed by atoms with Crippen molar-refractivity contribution >= 4 is 32.6 Å². The molecular weight excluding hydrogens is 332 g/mol. The van der Waals surface area contributed by atoms with Crippen LogP contribution >= 0.6 is 0 Å². The van der Waals surface area contributed by atoms with Crippen LogP contribution in [0.5, 0.6) is 0 Å². The summed E-state index contributed by atoms with van der Waals surface area (Å²) in [4.78, 5) is 15.1. The molecule has 0 aliphatic heterocycles. The van der Waals surface area contributed by atoms with E-state index in [2.05, 4.69) is 4.98 Å². The molecule has 0 amide bonds. The van der Waals surface area contributed by atoms with Crippen LogP contribution in [0.15, 0.2) is 51.9 Å². The van der Waals surface area contributed by atoms with E-state index < -0.39 is 21.8 Å². The second kappa shape index (κ2) is 5.64. The number of carboxylic acid groups (broad SMARTS) is 1. The third-order valence-electron chi connectivity index (χ3n) is 3.67. The number of para-hydroxylation sites is 1. The van der Waals surface area contributed by atoms with Gasteiger partial charge in [0, 0.05) is 24.7 Å². The molecular formula is C16H14N2O5S. The van der Waals surface area contributed by atoms with Crippen LogP contribution in [0, 0.1) is 6.92 Å². The number of nitrogens with zero attached hydrogens (tertiary/aromatic N) is 2. The number of rotatable bonds is 4. The predicted molar refractivity (Wildman–Crippen MR) is 87.7 cm³/mol. The summed E-state index contributed by atoms with van der Waals surface area (Å²) in [6.07, 6.45) is 1.58. The SMILES string of the molecule is Cc1oc(C(=O)O)cc1S(=O)(=O)N(C)c1cccc2cccnc12. The maximum atomic E-state index is 12.9. The van der Waals surface area contributed by atoms with Gasteiger partial charge >= 0.3 is 5.97 Å². The zero-order valence-corrected chi connectivity index (χ0v) is 13.7. The second-order valence-electron chi connectivity index (χ2n) is 5.16. The van der Waals surface area contributed by atoms with Crippen molar-refractivity contribution in [3.05, 3.63) is 54.1 Å². The van der Waals surface area contributed by atoms with E-state index in [9.17, 15) is 13.2 Å². The molecule has 2 heterocycles. The number of carbonyl (C=O) groups is 1. The molecule has 0 radical (unpaired) electrons. The number of hydrogen-bond acceptors (Lipinski definition) is 5. The van der Waals surface area contributed by atoms with E-state index in [-0.39, 0.29) is 10.7 Å². The van der Waals surface area contributed by atoms with Crippen molar-refractivity contribution in [3.8, 4) is 0 Å². The Kier molecular flexibility index (Phi) is 3.76. The average molecular weight is 346 g/mol. The topological polar surface area (TPSA) is 101 Å². The molecule has 1 N–H and O–H groups in total. The molecule has 2 aromatic heterocycles. The fourth-order valence-corrected chi connectivity index (χ4v) is 3.81. The zero-order chi connectivity index (χ0) is 17.5. The van der Waals surface area contributed by atoms with Crippen LogP contribution in [0.1, 0.15) is 16.3 Å². The van der Waals surface area contributed by atoms with Gasteiger partial charge < -0.3 is 9.52 Å². The van der Waals surface area contributed by atoms with Crippen LogP contribution in [-0.4, -0.2) is 31.5 Å². The van der Waals surface area contributed by atoms with Crippen molar-refractivity contribution in [1.29, 1.82) is 0 Å². The number of furan rings is 1. The van der Waals surface area contributed by atoms with Crippen molar-refractivity contribution in [2.75, 3.05) is 11.4 Å². The van der Waals surface area contributed by atoms with Crippen molar-refractivity contribution in [1.82, 2.24) is 4.98 Å². The van der Waals surface area contributed by atoms with Gasteiger partial charge in [-0.25, -0.2) is 13.2 Å². The van der Waals surface area contributed by atoms with Crippen molar-refractivity contribution in [2.24, 2.45) is 0 Å². The molecule has 0 aliphatic rings. The lowest BCUT2D eigenvalue weighted by atomic mass is 10.2. The summed E-state index contributed by atoms with van der Waals surface area (Å²) in [6, 6.07) is 9.81. The Bertz CT molecular complexity index is 1030. The zero-order valence-electron chi connectivity index (χ0n) is 12.9. The van der Waals surface area contributed by atoms with Gasteiger partial charge in [0.15, 0.2) is 0 Å². The number of benzene rings is 1. The van der Waals surface area contributed by atoms with Crippen molar-refractivity contribution < 1.29 is 22.7 Å². The molecule has 7 nitrogen and oxygen atoms in total. The summed E-state index contributed by atoms with van der Waals surface area (Å²) >= 11 is 0. The van der Waals surface area contributed by atoms with E-state index in [4.69, 9.17) is 9.52 Å². The Morgan fingerprint density at radius 3 is 2.62 bits per heavy atom. The van der Waals surface area contributed by atoms with Crippen LogP contribution in [0.25, 0.3) is 10.9 Å². The Morgan fingerprint density at radius 1 is 1.25 bits per heavy atom. The van der Waals surface area contributed by atoms with E-state index in [1.54, 1.807) is 24.4 Å². The van der Waals surface area contributed by atoms with Gasteiger partial charge in [0.05, 0.1) is 11.2 Å². The third kappa shape index (κ3) is 2.50. The number of anilines is 1. The first-order valence-electron chi connectivity index (χ1n) is 6.99. The van der Waals surface area contributed by atoms with Crippen LogP contribution in [0.3, 0.4) is 0 Å². The summed E-state index contributed by atoms with van der Waals surface area (Å²) in [6.45, 7) is 1.41. The lowest BCUT2D eigenvalue weighted by Gasteiger charge is -2.20. The van der Waals surface area contributed by atoms with Crippen LogP contribution in [0.4, 0.5) is 5.69 Å². The smallest absolute Gasteiger partial charge is 0.371 e. The summed E-state index contributed by atoms with van der Waals surface area (Å²) in [7, 11) is -2.60. The number of aryl methyl sites for hydroxylation is 1. The molecule has 0 bridgehead atoms. The Morgan fingerprint density at radius 2 is 1.96 bits per heavy atom. The lowest BCUT2D eigenvalue weighted by molar-refractivity contribution is 0.0661. The molecule has 3 rings (SSSR count). The maximum Gasteiger partial charge on any atom is 0.371 e. The number of pyridine rings is 1. The van der Waals surface area contributed by atoms with E-state index in [0.717, 1.165) is 15.8 Å². The molecule has 24 heavy (non-hydrogen) atoms. The highest BCUT2D eigenvalue weighted by Gasteiger charge is 2.29. The van der Waals surface area contributed by atoms with Gasteiger partial charge in [0.2, 0.25) is 5.76 Å². The Labute approximate surface area is 138 Å². The van der Waals surface area contributed by atoms with Gasteiger partial charge in [0.1, 0.15) is 10.7 Å². The summed E-state index contributed by atoms with van der Waals surface area (Å²) in [5.74, 6) is -1.73. The minimum absolute atomic E-state index is 0.0208. The number of aromatic nitrogens is 1. The number of carboxylic acids is 1. The first kappa shape index (κ1) is 16.0. The van der Waals surface area contributed by atoms with Gasteiger partial charge in [-0.15, -0.1) is 0 Å². The van der Waals surface area contributed by atoms with E-state index in [1.165, 1.54) is 14.0 Å². The summed E-state index contributed by atoms with van der Waals surface area (Å²) < 4.78 is 31.8. The van der Waals surface area contributed by atoms with Gasteiger partial charge in [-0.1, -0.05) is 18.2 Å². The number of hydrogen-bond donors (Lipinski definition) is 1. The van der Waals surface area contributed by atoms with Crippen molar-refractivity contribution in [3.63, 3.8) is 0 Å². The van der Waals surface area contributed by atoms with Crippen molar-refractivity contribution in [2.45, 2.75) is 11.8 Å². The van der Waals surface area contributed by atoms with E-state index in [0.29, 0.717) is 11.2 Å². The van der Waals surface area contributed by atoms with Crippen LogP contribution in [0.2, 0.25) is 0 Å². The number of aromatic carboxylic acids is 1. The van der Waals surface area contributed by atoms with Gasteiger partial charge in [-0.2, -0.15) is 0 Å². The summed E-state index contributed by atoms with van der Waals surface area (Å²) in [5, 5.41) is 9.77. The van der Waals surface area contributed by atoms with Gasteiger partial charge in [0.25, 0.3) is 10.0 Å². The molecule has 3 aromatic rings. The molecule has 0 spiro atoms. The highest BCUT2D eigenvalue weighted by Crippen LogP contribution is 2.30. The standard InChI is InChI=1S/C16H14N2O5S/c1-10-14(9-13(23-10)16(19)20)24(21,22)18(2)12-7-3-5-11-6-4-8-17-15(11)12/h3-9H,1-2H3,(H,19,20). The molecule has 0 unspecified atom stereocenters. The highest BCUT2D eigenvalue weighted by atomic mass is 32.2. The number of sulfonamides is 1. The number of fused-ring (bicyclic) bond motifs is 1. The highest BCUT2D eigenvalue weighted by molar-refractivity contribution is 7.92. The quantitative estimate of drug-likeness (QED) is 0.779. The minimum Gasteiger partial charge on any atom is -0.475 e.